The Morgan fingerprint density at radius 3 is 2.73 bits per heavy atom. The molecule has 1 aliphatic rings. The predicted octanol–water partition coefficient (Wildman–Crippen LogP) is 2.20. The van der Waals surface area contributed by atoms with Crippen molar-refractivity contribution in [3.8, 4) is 0 Å². The van der Waals surface area contributed by atoms with E-state index in [2.05, 4.69) is 10.4 Å². The van der Waals surface area contributed by atoms with Crippen molar-refractivity contribution < 1.29 is 14.7 Å². The fraction of sp³-hybridized carbons (Fsp3) is 0.688. The summed E-state index contributed by atoms with van der Waals surface area (Å²) in [6.07, 6.45) is 11.0. The molecule has 0 aliphatic heterocycles. The van der Waals surface area contributed by atoms with Gasteiger partial charge in [0.2, 0.25) is 5.91 Å². The molecule has 22 heavy (non-hydrogen) atoms. The molecule has 1 heterocycles. The first-order valence-corrected chi connectivity index (χ1v) is 8.12. The van der Waals surface area contributed by atoms with E-state index in [1.165, 1.54) is 32.1 Å². The van der Waals surface area contributed by atoms with Gasteiger partial charge in [0, 0.05) is 24.9 Å². The van der Waals surface area contributed by atoms with Crippen LogP contribution in [0.2, 0.25) is 0 Å². The summed E-state index contributed by atoms with van der Waals surface area (Å²) in [7, 11) is 0. The van der Waals surface area contributed by atoms with Crippen molar-refractivity contribution in [3.63, 3.8) is 0 Å². The first-order chi connectivity index (χ1) is 10.6. The van der Waals surface area contributed by atoms with Crippen molar-refractivity contribution in [2.75, 3.05) is 0 Å². The Bertz CT molecular complexity index is 467. The van der Waals surface area contributed by atoms with Crippen LogP contribution in [-0.2, 0) is 16.1 Å². The van der Waals surface area contributed by atoms with Gasteiger partial charge in [-0.05, 0) is 24.8 Å². The average molecular weight is 307 g/mol. The van der Waals surface area contributed by atoms with Crippen LogP contribution in [0.15, 0.2) is 18.5 Å². The highest BCUT2D eigenvalue weighted by atomic mass is 16.4. The summed E-state index contributed by atoms with van der Waals surface area (Å²) >= 11 is 0. The summed E-state index contributed by atoms with van der Waals surface area (Å²) < 4.78 is 1.57. The maximum atomic E-state index is 12.1. The van der Waals surface area contributed by atoms with E-state index in [-0.39, 0.29) is 24.9 Å². The minimum Gasteiger partial charge on any atom is -0.481 e. The van der Waals surface area contributed by atoms with Crippen molar-refractivity contribution in [1.82, 2.24) is 15.1 Å². The molecular formula is C16H25N3O3. The van der Waals surface area contributed by atoms with Gasteiger partial charge in [-0.2, -0.15) is 5.10 Å². The zero-order chi connectivity index (χ0) is 15.8. The summed E-state index contributed by atoms with van der Waals surface area (Å²) in [6, 6.07) is 1.72. The molecule has 2 rings (SSSR count). The zero-order valence-electron chi connectivity index (χ0n) is 12.9. The van der Waals surface area contributed by atoms with Crippen LogP contribution in [-0.4, -0.2) is 32.8 Å². The van der Waals surface area contributed by atoms with Crippen LogP contribution in [0.3, 0.4) is 0 Å². The Hall–Kier alpha value is -1.85. The first kappa shape index (κ1) is 16.5. The second-order valence-electron chi connectivity index (χ2n) is 6.14. The molecule has 0 aromatic carbocycles. The summed E-state index contributed by atoms with van der Waals surface area (Å²) in [5.41, 5.74) is 0. The molecule has 0 radical (unpaired) electrons. The standard InChI is InChI=1S/C16H25N3O3/c20-15(12-19-10-4-9-17-19)18-14(7-8-16(21)22)11-13-5-2-1-3-6-13/h4,9-10,13-14H,1-3,5-8,11-12H2,(H,18,20)(H,21,22). The molecule has 0 spiro atoms. The number of carbonyl (C=O) groups is 2. The van der Waals surface area contributed by atoms with Gasteiger partial charge in [0.15, 0.2) is 0 Å². The second-order valence-corrected chi connectivity index (χ2v) is 6.14. The predicted molar refractivity (Wildman–Crippen MR) is 82.2 cm³/mol. The van der Waals surface area contributed by atoms with E-state index < -0.39 is 5.97 Å². The number of aliphatic carboxylic acids is 1. The first-order valence-electron chi connectivity index (χ1n) is 8.12. The Kier molecular flexibility index (Phi) is 6.43. The molecule has 0 bridgehead atoms. The molecule has 0 saturated heterocycles. The molecule has 1 aromatic heterocycles. The van der Waals surface area contributed by atoms with E-state index in [9.17, 15) is 9.59 Å². The number of carboxylic acid groups (broad SMARTS) is 1. The fourth-order valence-electron chi connectivity index (χ4n) is 3.19. The smallest absolute Gasteiger partial charge is 0.303 e. The number of nitrogens with zero attached hydrogens (tertiary/aromatic N) is 2. The number of carbonyl (C=O) groups excluding carboxylic acids is 1. The lowest BCUT2D eigenvalue weighted by Gasteiger charge is -2.27. The molecule has 6 nitrogen and oxygen atoms in total. The minimum absolute atomic E-state index is 0.0535. The summed E-state index contributed by atoms with van der Waals surface area (Å²) in [5, 5.41) is 15.9. The monoisotopic (exact) mass is 307 g/mol. The summed E-state index contributed by atoms with van der Waals surface area (Å²) in [5.74, 6) is -0.303. The van der Waals surface area contributed by atoms with Crippen molar-refractivity contribution in [2.24, 2.45) is 5.92 Å². The summed E-state index contributed by atoms with van der Waals surface area (Å²) in [4.78, 5) is 22.9. The molecule has 1 aliphatic carbocycles. The lowest BCUT2D eigenvalue weighted by molar-refractivity contribution is -0.137. The second kappa shape index (κ2) is 8.56. The number of hydrogen-bond donors (Lipinski definition) is 2. The maximum absolute atomic E-state index is 12.1. The van der Waals surface area contributed by atoms with Gasteiger partial charge >= 0.3 is 5.97 Å². The number of aromatic nitrogens is 2. The van der Waals surface area contributed by atoms with Gasteiger partial charge < -0.3 is 10.4 Å². The molecule has 1 fully saturated rings. The molecule has 122 valence electrons. The van der Waals surface area contributed by atoms with Crippen LogP contribution in [0.25, 0.3) is 0 Å². The van der Waals surface area contributed by atoms with Crippen molar-refractivity contribution in [1.29, 1.82) is 0 Å². The third kappa shape index (κ3) is 5.87. The molecule has 1 atom stereocenters. The van der Waals surface area contributed by atoms with Gasteiger partial charge in [-0.25, -0.2) is 0 Å². The van der Waals surface area contributed by atoms with E-state index in [4.69, 9.17) is 5.11 Å². The van der Waals surface area contributed by atoms with Crippen molar-refractivity contribution in [2.45, 2.75) is 64.0 Å². The number of rotatable bonds is 8. The molecule has 1 amide bonds. The number of amides is 1. The number of hydrogen-bond acceptors (Lipinski definition) is 3. The van der Waals surface area contributed by atoms with Gasteiger partial charge in [0.05, 0.1) is 0 Å². The minimum atomic E-state index is -0.810. The fourth-order valence-corrected chi connectivity index (χ4v) is 3.19. The highest BCUT2D eigenvalue weighted by Crippen LogP contribution is 2.28. The highest BCUT2D eigenvalue weighted by Gasteiger charge is 2.21. The topological polar surface area (TPSA) is 84.2 Å². The Balaban J connectivity index is 1.84. The van der Waals surface area contributed by atoms with Crippen LogP contribution in [0.4, 0.5) is 0 Å². The van der Waals surface area contributed by atoms with Crippen LogP contribution in [0.1, 0.15) is 51.4 Å². The Morgan fingerprint density at radius 2 is 2.09 bits per heavy atom. The summed E-state index contributed by atoms with van der Waals surface area (Å²) in [6.45, 7) is 0.182. The Morgan fingerprint density at radius 1 is 1.32 bits per heavy atom. The maximum Gasteiger partial charge on any atom is 0.303 e. The van der Waals surface area contributed by atoms with Crippen molar-refractivity contribution >= 4 is 11.9 Å². The molecule has 1 saturated carbocycles. The van der Waals surface area contributed by atoms with E-state index in [0.29, 0.717) is 12.3 Å². The van der Waals surface area contributed by atoms with E-state index >= 15 is 0 Å². The third-order valence-electron chi connectivity index (χ3n) is 4.28. The van der Waals surface area contributed by atoms with Crippen LogP contribution in [0.5, 0.6) is 0 Å². The van der Waals surface area contributed by atoms with Crippen molar-refractivity contribution in [3.05, 3.63) is 18.5 Å². The highest BCUT2D eigenvalue weighted by molar-refractivity contribution is 5.76. The lowest BCUT2D eigenvalue weighted by Crippen LogP contribution is -2.39. The number of carboxylic acids is 1. The van der Waals surface area contributed by atoms with E-state index in [1.54, 1.807) is 23.1 Å². The number of nitrogens with one attached hydrogen (secondary N) is 1. The van der Waals surface area contributed by atoms with E-state index in [1.807, 2.05) is 0 Å². The van der Waals surface area contributed by atoms with Gasteiger partial charge in [0.25, 0.3) is 0 Å². The zero-order valence-corrected chi connectivity index (χ0v) is 12.9. The van der Waals surface area contributed by atoms with E-state index in [0.717, 1.165) is 6.42 Å². The van der Waals surface area contributed by atoms with Crippen LogP contribution < -0.4 is 5.32 Å². The van der Waals surface area contributed by atoms with Crippen LogP contribution >= 0.6 is 0 Å². The van der Waals surface area contributed by atoms with Crippen LogP contribution in [0, 0.1) is 5.92 Å². The average Bonchev–Trinajstić information content (AvgIpc) is 2.98. The molecular weight excluding hydrogens is 282 g/mol. The SMILES string of the molecule is O=C(O)CCC(CC1CCCCC1)NC(=O)Cn1cccn1. The molecule has 1 unspecified atom stereocenters. The largest absolute Gasteiger partial charge is 0.481 e. The quantitative estimate of drug-likeness (QED) is 0.771. The molecule has 2 N–H and O–H groups in total. The van der Waals surface area contributed by atoms with Gasteiger partial charge in [0.1, 0.15) is 6.54 Å². The molecule has 6 heteroatoms. The normalized spacial score (nSPS) is 17.1. The Labute approximate surface area is 130 Å². The molecule has 1 aromatic rings. The third-order valence-corrected chi connectivity index (χ3v) is 4.28. The van der Waals surface area contributed by atoms with Gasteiger partial charge in [-0.1, -0.05) is 32.1 Å². The van der Waals surface area contributed by atoms with Gasteiger partial charge in [-0.3, -0.25) is 14.3 Å². The lowest BCUT2D eigenvalue weighted by atomic mass is 9.84. The van der Waals surface area contributed by atoms with Gasteiger partial charge in [-0.15, -0.1) is 0 Å².